The predicted octanol–water partition coefficient (Wildman–Crippen LogP) is 17.2. The number of hydrogen-bond donors (Lipinski definition) is 0. The van der Waals surface area contributed by atoms with Gasteiger partial charge < -0.3 is 14.2 Å². The molecule has 368 valence electrons. The average Bonchev–Trinajstić information content (AvgIpc) is 3.74. The molecule has 4 heteroatoms. The monoisotopic (exact) mass is 957 g/mol. The third-order valence-electron chi connectivity index (χ3n) is 19.2. The Labute approximate surface area is 436 Å². The molecule has 73 heavy (non-hydrogen) atoms. The molecule has 13 rings (SSSR count). The van der Waals surface area contributed by atoms with Gasteiger partial charge in [0.1, 0.15) is 5.58 Å². The zero-order valence-electron chi connectivity index (χ0n) is 45.8. The molecule has 7 aromatic carbocycles. The highest BCUT2D eigenvalue weighted by molar-refractivity contribution is 7.00. The largest absolute Gasteiger partial charge is 0.468 e. The molecule has 0 saturated carbocycles. The lowest BCUT2D eigenvalue weighted by atomic mass is 9.35. The normalized spacial score (nSPS) is 19.8. The van der Waals surface area contributed by atoms with Crippen LogP contribution in [-0.2, 0) is 32.5 Å². The van der Waals surface area contributed by atoms with E-state index in [4.69, 9.17) is 4.42 Å². The van der Waals surface area contributed by atoms with Crippen LogP contribution in [0.3, 0.4) is 0 Å². The first kappa shape index (κ1) is 46.5. The van der Waals surface area contributed by atoms with Crippen LogP contribution < -0.4 is 26.4 Å². The van der Waals surface area contributed by atoms with Crippen molar-refractivity contribution in [2.24, 2.45) is 0 Å². The van der Waals surface area contributed by atoms with Gasteiger partial charge in [-0.15, -0.1) is 0 Å². The van der Waals surface area contributed by atoms with Gasteiger partial charge in [-0.25, -0.2) is 0 Å². The average molecular weight is 957 g/mol. The summed E-state index contributed by atoms with van der Waals surface area (Å²) in [6.45, 7) is 31.7. The summed E-state index contributed by atoms with van der Waals surface area (Å²) in [5, 5.41) is 1.20. The number of fused-ring (bicyclic) bond motifs is 9. The van der Waals surface area contributed by atoms with E-state index in [1.807, 2.05) is 0 Å². The van der Waals surface area contributed by atoms with E-state index in [1.54, 1.807) is 0 Å². The predicted molar refractivity (Wildman–Crippen MR) is 312 cm³/mol. The molecule has 0 unspecified atom stereocenters. The van der Waals surface area contributed by atoms with Gasteiger partial charge >= 0.3 is 0 Å². The Hall–Kier alpha value is -6.26. The summed E-state index contributed by atoms with van der Waals surface area (Å²) < 4.78 is 7.78. The molecule has 3 nitrogen and oxygen atoms in total. The molecular weight excluding hydrogens is 884 g/mol. The number of benzene rings is 7. The highest BCUT2D eigenvalue weighted by Gasteiger charge is 2.50. The smallest absolute Gasteiger partial charge is 0.297 e. The first-order valence-corrected chi connectivity index (χ1v) is 27.5. The fourth-order valence-electron chi connectivity index (χ4n) is 14.3. The molecule has 0 bridgehead atoms. The van der Waals surface area contributed by atoms with Gasteiger partial charge in [0.25, 0.3) is 6.71 Å². The Morgan fingerprint density at radius 1 is 0.397 bits per heavy atom. The summed E-state index contributed by atoms with van der Waals surface area (Å²) in [5.74, 6) is 0. The highest BCUT2D eigenvalue weighted by atomic mass is 16.3. The molecule has 2 aliphatic heterocycles. The Balaban J connectivity index is 1.17. The number of nitrogens with zero attached hydrogens (tertiary/aromatic N) is 2. The Morgan fingerprint density at radius 3 is 1.41 bits per heavy atom. The van der Waals surface area contributed by atoms with Gasteiger partial charge in [-0.2, -0.15) is 0 Å². The number of rotatable bonds is 4. The molecule has 0 N–H and O–H groups in total. The quantitative estimate of drug-likeness (QED) is 0.164. The molecule has 3 aliphatic carbocycles. The topological polar surface area (TPSA) is 19.6 Å². The second kappa shape index (κ2) is 15.4. The van der Waals surface area contributed by atoms with Crippen molar-refractivity contribution in [1.82, 2.24) is 0 Å². The maximum absolute atomic E-state index is 7.78. The molecule has 8 aromatic rings. The van der Waals surface area contributed by atoms with Crippen molar-refractivity contribution < 1.29 is 4.42 Å². The van der Waals surface area contributed by atoms with Crippen LogP contribution in [0.15, 0.2) is 138 Å². The standard InChI is InChI=1S/C69H73BN2O/c1-42-32-58-61-59(33-42)72(48-35-45(43-20-16-14-17-21-43)34-46(36-48)44-22-18-15-19-23-44)62-49-38-52-55(69(12,13)31-28-66(52,6)7)41-60(49)73-63(62)70(61)56-39-53-54(68(10,11)30-29-67(53,8)9)40-57(56)71(58)47-24-25-50-51(37-47)65(4,5)27-26-64(50,2)3/h14-25,32-41H,26-31H2,1-13H3. The molecule has 0 amide bonds. The van der Waals surface area contributed by atoms with E-state index >= 15 is 0 Å². The number of aryl methyl sites for hydroxylation is 1. The van der Waals surface area contributed by atoms with Crippen molar-refractivity contribution in [2.45, 2.75) is 161 Å². The van der Waals surface area contributed by atoms with Gasteiger partial charge in [-0.1, -0.05) is 156 Å². The van der Waals surface area contributed by atoms with Gasteiger partial charge in [-0.3, -0.25) is 0 Å². The van der Waals surface area contributed by atoms with Crippen molar-refractivity contribution in [3.05, 3.63) is 172 Å². The van der Waals surface area contributed by atoms with Crippen LogP contribution in [0, 0.1) is 6.92 Å². The van der Waals surface area contributed by atoms with Gasteiger partial charge in [0.15, 0.2) is 0 Å². The molecular formula is C69H73BN2O. The molecule has 5 aliphatic rings. The van der Waals surface area contributed by atoms with E-state index in [0.717, 1.165) is 42.6 Å². The lowest BCUT2D eigenvalue weighted by Gasteiger charge is -2.47. The first-order chi connectivity index (χ1) is 34.5. The lowest BCUT2D eigenvalue weighted by Crippen LogP contribution is -2.61. The Kier molecular flexibility index (Phi) is 9.82. The van der Waals surface area contributed by atoms with E-state index in [1.165, 1.54) is 119 Å². The summed E-state index contributed by atoms with van der Waals surface area (Å²) >= 11 is 0. The first-order valence-electron chi connectivity index (χ1n) is 27.5. The van der Waals surface area contributed by atoms with Gasteiger partial charge in [0.2, 0.25) is 0 Å². The van der Waals surface area contributed by atoms with Crippen molar-refractivity contribution in [1.29, 1.82) is 0 Å². The maximum Gasteiger partial charge on any atom is 0.297 e. The van der Waals surface area contributed by atoms with Crippen LogP contribution >= 0.6 is 0 Å². The molecule has 0 fully saturated rings. The fraction of sp³-hybridized carbons (Fsp3) is 0.362. The third-order valence-corrected chi connectivity index (χ3v) is 19.2. The number of hydrogen-bond acceptors (Lipinski definition) is 3. The zero-order chi connectivity index (χ0) is 50.9. The summed E-state index contributed by atoms with van der Waals surface area (Å²) in [6.07, 6.45) is 6.96. The minimum absolute atomic E-state index is 0.0157. The zero-order valence-corrected chi connectivity index (χ0v) is 45.8. The summed E-state index contributed by atoms with van der Waals surface area (Å²) in [7, 11) is 0. The van der Waals surface area contributed by atoms with E-state index in [-0.39, 0.29) is 39.2 Å². The molecule has 1 aromatic heterocycles. The fourth-order valence-corrected chi connectivity index (χ4v) is 14.3. The van der Waals surface area contributed by atoms with Gasteiger partial charge in [0.05, 0.1) is 11.3 Å². The molecule has 0 spiro atoms. The SMILES string of the molecule is Cc1cc2c3c(c1)N(c1cc(-c4ccccc4)cc(-c4ccccc4)c1)c1c(oc4cc5c(cc14)C(C)(C)CCC5(C)C)B3c1cc3c(cc1N2c1ccc2c(c1)C(C)(C)CCC2(C)C)C(C)(C)CCC3(C)C. The summed E-state index contributed by atoms with van der Waals surface area (Å²) in [6, 6.07) is 52.0. The van der Waals surface area contributed by atoms with Crippen molar-refractivity contribution in [3.63, 3.8) is 0 Å². The van der Waals surface area contributed by atoms with Gasteiger partial charge in [-0.05, 0) is 211 Å². The molecule has 0 atom stereocenters. The van der Waals surface area contributed by atoms with Crippen LogP contribution in [0.5, 0.6) is 0 Å². The van der Waals surface area contributed by atoms with Crippen LogP contribution in [-0.4, -0.2) is 6.71 Å². The van der Waals surface area contributed by atoms with Crippen molar-refractivity contribution >= 4 is 68.4 Å². The molecule has 3 heterocycles. The maximum atomic E-state index is 7.78. The van der Waals surface area contributed by atoms with Crippen LogP contribution in [0.1, 0.15) is 161 Å². The summed E-state index contributed by atoms with van der Waals surface area (Å²) in [4.78, 5) is 5.31. The minimum Gasteiger partial charge on any atom is -0.468 e. The minimum atomic E-state index is -0.140. The second-order valence-electron chi connectivity index (χ2n) is 27.0. The third kappa shape index (κ3) is 6.97. The van der Waals surface area contributed by atoms with E-state index < -0.39 is 0 Å². The van der Waals surface area contributed by atoms with E-state index in [9.17, 15) is 0 Å². The highest BCUT2D eigenvalue weighted by Crippen LogP contribution is 2.55. The lowest BCUT2D eigenvalue weighted by molar-refractivity contribution is 0.332. The van der Waals surface area contributed by atoms with Crippen molar-refractivity contribution in [3.8, 4) is 22.3 Å². The molecule has 0 saturated heterocycles. The van der Waals surface area contributed by atoms with Crippen LogP contribution in [0.25, 0.3) is 33.2 Å². The van der Waals surface area contributed by atoms with Gasteiger partial charge in [0, 0.05) is 33.8 Å². The summed E-state index contributed by atoms with van der Waals surface area (Å²) in [5.41, 5.74) is 27.1. The molecule has 0 radical (unpaired) electrons. The Morgan fingerprint density at radius 2 is 0.863 bits per heavy atom. The second-order valence-corrected chi connectivity index (χ2v) is 27.0. The number of anilines is 6. The van der Waals surface area contributed by atoms with Crippen LogP contribution in [0.2, 0.25) is 0 Å². The van der Waals surface area contributed by atoms with Crippen molar-refractivity contribution in [2.75, 3.05) is 9.80 Å². The number of furan rings is 1. The van der Waals surface area contributed by atoms with E-state index in [0.29, 0.717) is 0 Å². The van der Waals surface area contributed by atoms with E-state index in [2.05, 4.69) is 233 Å². The Bertz CT molecular complexity index is 3550. The van der Waals surface area contributed by atoms with Crippen LogP contribution in [0.4, 0.5) is 34.1 Å².